The normalized spacial score (nSPS) is 14.4. The fourth-order valence-corrected chi connectivity index (χ4v) is 0.347. The van der Waals surface area contributed by atoms with Crippen LogP contribution in [-0.2, 0) is 0 Å². The number of nitrogens with one attached hydrogen (secondary N) is 1. The Morgan fingerprint density at radius 2 is 1.23 bits per heavy atom. The zero-order valence-corrected chi connectivity index (χ0v) is 5.72. The molecule has 0 saturated carbocycles. The molecule has 3 N–H and O–H groups in total. The molecule has 0 aliphatic rings. The summed E-state index contributed by atoms with van der Waals surface area (Å²) in [6, 6.07) is 0. The van der Waals surface area contributed by atoms with Gasteiger partial charge in [-0.05, 0) is 0 Å². The Bertz CT molecular complexity index is 217. The second kappa shape index (κ2) is 2.74. The minimum atomic E-state index is -6.44. The Hall–Kier alpha value is -1.02. The summed E-state index contributed by atoms with van der Waals surface area (Å²) >= 11 is 0. The van der Waals surface area contributed by atoms with E-state index in [2.05, 4.69) is 5.73 Å². The van der Waals surface area contributed by atoms with Gasteiger partial charge in [0.1, 0.15) is 0 Å². The minimum Gasteiger partial charge on any atom is -0.382 e. The first-order valence-electron chi connectivity index (χ1n) is 2.61. The summed E-state index contributed by atoms with van der Waals surface area (Å²) < 4.78 is 81.6. The first-order valence-corrected chi connectivity index (χ1v) is 2.61. The van der Waals surface area contributed by atoms with Crippen LogP contribution in [0.5, 0.6) is 0 Å². The van der Waals surface area contributed by atoms with Crippen molar-refractivity contribution in [2.75, 3.05) is 0 Å². The molecule has 0 aliphatic heterocycles. The highest BCUT2D eigenvalue weighted by atomic mass is 19.4. The number of rotatable bonds is 2. The topological polar surface area (TPSA) is 49.9 Å². The highest BCUT2D eigenvalue weighted by molar-refractivity contribution is 5.85. The van der Waals surface area contributed by atoms with E-state index in [1.54, 1.807) is 0 Å². The smallest absolute Gasteiger partial charge is 0.382 e. The first kappa shape index (κ1) is 12.0. The van der Waals surface area contributed by atoms with Gasteiger partial charge in [0, 0.05) is 0 Å². The van der Waals surface area contributed by atoms with E-state index < -0.39 is 23.9 Å². The molecule has 0 amide bonds. The zero-order chi connectivity index (χ0) is 11.1. The maximum atomic E-state index is 12.0. The van der Waals surface area contributed by atoms with Crippen molar-refractivity contribution in [3.05, 3.63) is 0 Å². The van der Waals surface area contributed by atoms with Gasteiger partial charge >= 0.3 is 18.0 Å². The van der Waals surface area contributed by atoms with Crippen LogP contribution >= 0.6 is 0 Å². The van der Waals surface area contributed by atoms with Crippen molar-refractivity contribution in [1.82, 2.24) is 0 Å². The second-order valence-corrected chi connectivity index (χ2v) is 2.06. The quantitative estimate of drug-likeness (QED) is 0.409. The Balaban J connectivity index is 5.16. The average molecular weight is 212 g/mol. The second-order valence-electron chi connectivity index (χ2n) is 2.06. The largest absolute Gasteiger partial charge is 0.460 e. The molecule has 0 atom stereocenters. The monoisotopic (exact) mass is 212 g/mol. The number of nitrogens with two attached hydrogens (primary N) is 1. The Morgan fingerprint density at radius 3 is 1.31 bits per heavy atom. The lowest BCUT2D eigenvalue weighted by atomic mass is 10.1. The molecular formula is C4H3F7N2. The van der Waals surface area contributed by atoms with Gasteiger partial charge in [-0.1, -0.05) is 0 Å². The molecule has 0 bridgehead atoms. The Morgan fingerprint density at radius 1 is 0.923 bits per heavy atom. The van der Waals surface area contributed by atoms with Crippen LogP contribution in [0.2, 0.25) is 0 Å². The standard InChI is InChI=1S/C4H3F7N2/c5-2(6,1(12)13)3(7,8)4(9,10)11/h(H3,12,13). The number of halogens is 7. The first-order chi connectivity index (χ1) is 5.44. The molecule has 0 aromatic carbocycles. The summed E-state index contributed by atoms with van der Waals surface area (Å²) in [4.78, 5) is 0. The maximum absolute atomic E-state index is 12.0. The predicted octanol–water partition coefficient (Wildman–Crippen LogP) is 1.76. The molecule has 9 heteroatoms. The molecule has 0 aromatic rings. The SMILES string of the molecule is N=C(N)C(F)(F)C(F)(F)C(F)(F)F. The van der Waals surface area contributed by atoms with Crippen molar-refractivity contribution in [1.29, 1.82) is 5.41 Å². The third-order valence-electron chi connectivity index (χ3n) is 1.09. The van der Waals surface area contributed by atoms with Crippen molar-refractivity contribution < 1.29 is 30.7 Å². The molecule has 0 unspecified atom stereocenters. The molecule has 0 heterocycles. The average Bonchev–Trinajstić information content (AvgIpc) is 1.84. The molecular weight excluding hydrogens is 209 g/mol. The highest BCUT2D eigenvalue weighted by Gasteiger charge is 2.74. The van der Waals surface area contributed by atoms with E-state index in [4.69, 9.17) is 5.41 Å². The summed E-state index contributed by atoms with van der Waals surface area (Å²) in [6.45, 7) is 0. The summed E-state index contributed by atoms with van der Waals surface area (Å²) in [5, 5.41) is 5.88. The van der Waals surface area contributed by atoms with Gasteiger partial charge in [-0.25, -0.2) is 0 Å². The van der Waals surface area contributed by atoms with Crippen molar-refractivity contribution in [3.63, 3.8) is 0 Å². The van der Waals surface area contributed by atoms with Crippen LogP contribution in [0.15, 0.2) is 0 Å². The number of alkyl halides is 7. The van der Waals surface area contributed by atoms with Gasteiger partial charge in [0.25, 0.3) is 0 Å². The lowest BCUT2D eigenvalue weighted by molar-refractivity contribution is -0.336. The van der Waals surface area contributed by atoms with Gasteiger partial charge in [0.05, 0.1) is 0 Å². The van der Waals surface area contributed by atoms with Gasteiger partial charge in [-0.2, -0.15) is 30.7 Å². The zero-order valence-electron chi connectivity index (χ0n) is 5.72. The third-order valence-corrected chi connectivity index (χ3v) is 1.09. The minimum absolute atomic E-state index is 2.53. The van der Waals surface area contributed by atoms with Crippen LogP contribution in [0, 0.1) is 5.41 Å². The van der Waals surface area contributed by atoms with Crippen LogP contribution in [0.25, 0.3) is 0 Å². The van der Waals surface area contributed by atoms with Crippen molar-refractivity contribution >= 4 is 5.84 Å². The molecule has 2 nitrogen and oxygen atoms in total. The third kappa shape index (κ3) is 1.68. The molecule has 0 aliphatic carbocycles. The van der Waals surface area contributed by atoms with Crippen LogP contribution < -0.4 is 5.73 Å². The summed E-state index contributed by atoms with van der Waals surface area (Å²) in [5.74, 6) is -14.6. The molecule has 0 radical (unpaired) electrons. The number of hydrogen-bond donors (Lipinski definition) is 2. The van der Waals surface area contributed by atoms with E-state index >= 15 is 0 Å². The van der Waals surface area contributed by atoms with E-state index in [0.717, 1.165) is 0 Å². The van der Waals surface area contributed by atoms with Crippen LogP contribution in [0.3, 0.4) is 0 Å². The molecule has 0 fully saturated rings. The summed E-state index contributed by atoms with van der Waals surface area (Å²) in [5.41, 5.74) is 3.91. The molecule has 0 rings (SSSR count). The fraction of sp³-hybridized carbons (Fsp3) is 0.750. The molecule has 0 spiro atoms. The Labute approximate surface area is 67.0 Å². The predicted molar refractivity (Wildman–Crippen MR) is 27.9 cm³/mol. The Kier molecular flexibility index (Phi) is 2.52. The lowest BCUT2D eigenvalue weighted by Crippen LogP contribution is -2.58. The van der Waals surface area contributed by atoms with Crippen molar-refractivity contribution in [2.45, 2.75) is 18.0 Å². The lowest BCUT2D eigenvalue weighted by Gasteiger charge is -2.26. The van der Waals surface area contributed by atoms with E-state index in [1.165, 1.54) is 0 Å². The summed E-state index contributed by atoms with van der Waals surface area (Å²) in [6.07, 6.45) is -6.44. The van der Waals surface area contributed by atoms with E-state index in [9.17, 15) is 30.7 Å². The fourth-order valence-electron chi connectivity index (χ4n) is 0.347. The van der Waals surface area contributed by atoms with Crippen LogP contribution in [0.4, 0.5) is 30.7 Å². The van der Waals surface area contributed by atoms with Gasteiger partial charge in [-0.3, -0.25) is 5.41 Å². The van der Waals surface area contributed by atoms with Gasteiger partial charge in [0.15, 0.2) is 5.84 Å². The van der Waals surface area contributed by atoms with Gasteiger partial charge < -0.3 is 5.73 Å². The van der Waals surface area contributed by atoms with Gasteiger partial charge in [-0.15, -0.1) is 0 Å². The van der Waals surface area contributed by atoms with Crippen molar-refractivity contribution in [3.8, 4) is 0 Å². The number of hydrogen-bond acceptors (Lipinski definition) is 1. The van der Waals surface area contributed by atoms with Gasteiger partial charge in [0.2, 0.25) is 0 Å². The molecule has 13 heavy (non-hydrogen) atoms. The van der Waals surface area contributed by atoms with E-state index in [-0.39, 0.29) is 0 Å². The van der Waals surface area contributed by atoms with E-state index in [1.807, 2.05) is 0 Å². The van der Waals surface area contributed by atoms with Crippen LogP contribution in [-0.4, -0.2) is 23.9 Å². The maximum Gasteiger partial charge on any atom is 0.460 e. The highest BCUT2D eigenvalue weighted by Crippen LogP contribution is 2.46. The molecule has 0 saturated heterocycles. The summed E-state index contributed by atoms with van der Waals surface area (Å²) in [7, 11) is 0. The molecule has 78 valence electrons. The number of amidine groups is 1. The molecule has 0 aromatic heterocycles. The van der Waals surface area contributed by atoms with Crippen LogP contribution in [0.1, 0.15) is 0 Å². The van der Waals surface area contributed by atoms with Crippen molar-refractivity contribution in [2.24, 2.45) is 5.73 Å². The van der Waals surface area contributed by atoms with E-state index in [0.29, 0.717) is 0 Å².